The van der Waals surface area contributed by atoms with Crippen LogP contribution in [-0.4, -0.2) is 40.4 Å². The van der Waals surface area contributed by atoms with Crippen molar-refractivity contribution < 1.29 is 28.9 Å². The fourth-order valence-electron chi connectivity index (χ4n) is 5.49. The Morgan fingerprint density at radius 1 is 0.776 bits per heavy atom. The highest BCUT2D eigenvalue weighted by Gasteiger charge is 2.30. The number of non-ortho nitro benzene ring substituents is 2. The van der Waals surface area contributed by atoms with E-state index in [1.54, 1.807) is 11.9 Å². The van der Waals surface area contributed by atoms with Crippen molar-refractivity contribution in [3.8, 4) is 11.5 Å². The van der Waals surface area contributed by atoms with E-state index >= 15 is 0 Å². The number of benzene rings is 4. The highest BCUT2D eigenvalue weighted by molar-refractivity contribution is 9.10. The second kappa shape index (κ2) is 17.3. The molecular weight excluding hydrogens is 788 g/mol. The summed E-state index contributed by atoms with van der Waals surface area (Å²) in [6, 6.07) is 23.7. The summed E-state index contributed by atoms with van der Waals surface area (Å²) in [6.07, 6.45) is 3.73. The normalized spacial score (nSPS) is 15.3. The molecule has 1 amide bonds. The zero-order valence-corrected chi connectivity index (χ0v) is 30.2. The zero-order chi connectivity index (χ0) is 35.7. The smallest absolute Gasteiger partial charge is 0.414 e. The van der Waals surface area contributed by atoms with Gasteiger partial charge in [-0.15, -0.1) is 0 Å². The first-order valence-electron chi connectivity index (χ1n) is 14.9. The summed E-state index contributed by atoms with van der Waals surface area (Å²) >= 11 is 11.9. The van der Waals surface area contributed by atoms with Crippen LogP contribution in [0.15, 0.2) is 93.9 Å². The predicted octanol–water partition coefficient (Wildman–Crippen LogP) is 9.46. The molecule has 12 nitrogen and oxygen atoms in total. The molecule has 6 rings (SSSR count). The average Bonchev–Trinajstić information content (AvgIpc) is 3.68. The Morgan fingerprint density at radius 2 is 1.24 bits per heavy atom. The number of aryl methyl sites for hydroxylation is 2. The van der Waals surface area contributed by atoms with Gasteiger partial charge in [0.1, 0.15) is 11.5 Å². The molecule has 2 unspecified atom stereocenters. The first-order valence-corrected chi connectivity index (χ1v) is 16.9. The van der Waals surface area contributed by atoms with E-state index < -0.39 is 21.4 Å². The molecule has 2 atom stereocenters. The Hall–Kier alpha value is -4.37. The average molecular weight is 819 g/mol. The van der Waals surface area contributed by atoms with Gasteiger partial charge in [0, 0.05) is 57.9 Å². The Kier molecular flexibility index (Phi) is 13.2. The lowest BCUT2D eigenvalue weighted by atomic mass is 10.1. The Balaban J connectivity index is 0.000000182. The van der Waals surface area contributed by atoms with Gasteiger partial charge in [-0.05, 0) is 104 Å². The lowest BCUT2D eigenvalue weighted by molar-refractivity contribution is -0.385. The molecule has 4 aromatic rings. The van der Waals surface area contributed by atoms with E-state index in [1.165, 1.54) is 82.5 Å². The number of hydrogen-bond acceptors (Lipinski definition) is 9. The third-order valence-corrected chi connectivity index (χ3v) is 9.01. The molecule has 0 bridgehead atoms. The summed E-state index contributed by atoms with van der Waals surface area (Å²) in [5, 5.41) is 24.2. The highest BCUT2D eigenvalue weighted by Crippen LogP contribution is 2.37. The standard InChI is InChI=1S/C17H15BrN2O4.C10H12BrN.C7H4ClNO4/c1-19(16-9-3-11-2-4-12(18)10-15(11)16)17(21)24-14-7-5-13(6-8-14)20(22)23;1-12-10-5-3-7-2-4-8(11)6-9(7)10;8-7(10)13-6-3-1-5(2-4-6)9(11)12/h2,4-8,10,16H,3,9H2,1H3;2,4,6,10,12H,3,5H2,1H3;1-4H. The van der Waals surface area contributed by atoms with E-state index in [0.29, 0.717) is 6.04 Å². The minimum atomic E-state index is -0.978. The molecule has 4 aromatic carbocycles. The van der Waals surface area contributed by atoms with Crippen molar-refractivity contribution in [2.45, 2.75) is 37.8 Å². The van der Waals surface area contributed by atoms with Gasteiger partial charge in [0.2, 0.25) is 0 Å². The Bertz CT molecular complexity index is 1830. The number of fused-ring (bicyclic) bond motifs is 2. The monoisotopic (exact) mass is 816 g/mol. The molecule has 0 fully saturated rings. The Morgan fingerprint density at radius 3 is 1.73 bits per heavy atom. The van der Waals surface area contributed by atoms with Crippen LogP contribution in [-0.2, 0) is 12.8 Å². The number of nitro benzene ring substituents is 2. The van der Waals surface area contributed by atoms with Gasteiger partial charge in [0.05, 0.1) is 15.9 Å². The number of rotatable bonds is 6. The number of amides is 1. The van der Waals surface area contributed by atoms with Crippen molar-refractivity contribution in [2.75, 3.05) is 14.1 Å². The fraction of sp³-hybridized carbons (Fsp3) is 0.235. The molecule has 0 heterocycles. The number of hydrogen-bond donors (Lipinski definition) is 1. The van der Waals surface area contributed by atoms with Gasteiger partial charge in [0.25, 0.3) is 11.4 Å². The van der Waals surface area contributed by atoms with E-state index in [0.717, 1.165) is 22.9 Å². The van der Waals surface area contributed by atoms with Crippen LogP contribution < -0.4 is 14.8 Å². The van der Waals surface area contributed by atoms with Crippen molar-refractivity contribution in [1.29, 1.82) is 0 Å². The van der Waals surface area contributed by atoms with Crippen molar-refractivity contribution >= 4 is 66.4 Å². The molecule has 49 heavy (non-hydrogen) atoms. The van der Waals surface area contributed by atoms with Crippen LogP contribution in [0.5, 0.6) is 11.5 Å². The van der Waals surface area contributed by atoms with Crippen molar-refractivity contribution in [3.05, 3.63) is 136 Å². The van der Waals surface area contributed by atoms with Crippen LogP contribution in [0.1, 0.15) is 47.2 Å². The van der Waals surface area contributed by atoms with Crippen LogP contribution in [0.4, 0.5) is 21.0 Å². The summed E-state index contributed by atoms with van der Waals surface area (Å²) < 4.78 is 11.9. The van der Waals surface area contributed by atoms with Crippen molar-refractivity contribution in [3.63, 3.8) is 0 Å². The van der Waals surface area contributed by atoms with Gasteiger partial charge in [-0.25, -0.2) is 9.59 Å². The number of nitrogens with one attached hydrogen (secondary N) is 1. The summed E-state index contributed by atoms with van der Waals surface area (Å²) in [6.45, 7) is 0. The summed E-state index contributed by atoms with van der Waals surface area (Å²) in [5.74, 6) is 0.454. The molecule has 15 heteroatoms. The highest BCUT2D eigenvalue weighted by atomic mass is 79.9. The first kappa shape index (κ1) is 37.4. The number of carbonyl (C=O) groups excluding carboxylic acids is 2. The number of halogens is 3. The molecule has 256 valence electrons. The van der Waals surface area contributed by atoms with Crippen LogP contribution in [0.2, 0.25) is 0 Å². The third kappa shape index (κ3) is 10.3. The summed E-state index contributed by atoms with van der Waals surface area (Å²) in [5.41, 5.74) is 4.22. The van der Waals surface area contributed by atoms with E-state index in [-0.39, 0.29) is 28.9 Å². The molecule has 0 spiro atoms. The fourth-order valence-corrected chi connectivity index (χ4v) is 6.34. The van der Waals surface area contributed by atoms with E-state index in [2.05, 4.69) is 66.2 Å². The minimum Gasteiger partial charge on any atom is -0.414 e. The second-order valence-electron chi connectivity index (χ2n) is 10.9. The van der Waals surface area contributed by atoms with Crippen LogP contribution in [0.3, 0.4) is 0 Å². The van der Waals surface area contributed by atoms with E-state index in [1.807, 2.05) is 19.2 Å². The van der Waals surface area contributed by atoms with Gasteiger partial charge in [-0.1, -0.05) is 44.0 Å². The van der Waals surface area contributed by atoms with Gasteiger partial charge < -0.3 is 19.7 Å². The summed E-state index contributed by atoms with van der Waals surface area (Å²) in [4.78, 5) is 44.0. The van der Waals surface area contributed by atoms with Gasteiger partial charge in [0.15, 0.2) is 0 Å². The molecule has 1 N–H and O–H groups in total. The quantitative estimate of drug-likeness (QED) is 0.114. The molecule has 0 saturated carbocycles. The maximum absolute atomic E-state index is 12.4. The van der Waals surface area contributed by atoms with Crippen molar-refractivity contribution in [1.82, 2.24) is 10.2 Å². The molecule has 0 saturated heterocycles. The third-order valence-electron chi connectivity index (χ3n) is 7.94. The lowest BCUT2D eigenvalue weighted by Gasteiger charge is -2.24. The molecule has 0 aromatic heterocycles. The molecular formula is C34H31Br2ClN4O8. The van der Waals surface area contributed by atoms with Crippen molar-refractivity contribution in [2.24, 2.45) is 0 Å². The minimum absolute atomic E-state index is 0.0388. The predicted molar refractivity (Wildman–Crippen MR) is 191 cm³/mol. The van der Waals surface area contributed by atoms with E-state index in [4.69, 9.17) is 16.3 Å². The lowest BCUT2D eigenvalue weighted by Crippen LogP contribution is -2.32. The SMILES string of the molecule is CN(C(=O)Oc1ccc([N+](=O)[O-])cc1)C1CCc2ccc(Br)cc21.CNC1CCc2ccc(Br)cc21.O=C(Cl)Oc1ccc([N+](=O)[O-])cc1. The number of carbonyl (C=O) groups is 2. The maximum Gasteiger partial charge on any atom is 0.415 e. The molecule has 2 aliphatic rings. The van der Waals surface area contributed by atoms with Crippen LogP contribution >= 0.6 is 43.5 Å². The second-order valence-corrected chi connectivity index (χ2v) is 13.1. The van der Waals surface area contributed by atoms with Gasteiger partial charge >= 0.3 is 11.5 Å². The van der Waals surface area contributed by atoms with Gasteiger partial charge in [-0.3, -0.25) is 20.2 Å². The van der Waals surface area contributed by atoms with Crippen LogP contribution in [0, 0.1) is 20.2 Å². The molecule has 0 radical (unpaired) electrons. The van der Waals surface area contributed by atoms with Crippen LogP contribution in [0.25, 0.3) is 0 Å². The summed E-state index contributed by atoms with van der Waals surface area (Å²) in [7, 11) is 3.73. The zero-order valence-electron chi connectivity index (χ0n) is 26.3. The number of ether oxygens (including phenoxy) is 2. The van der Waals surface area contributed by atoms with Gasteiger partial charge in [-0.2, -0.15) is 0 Å². The molecule has 2 aliphatic carbocycles. The topological polar surface area (TPSA) is 154 Å². The Labute approximate surface area is 303 Å². The maximum atomic E-state index is 12.4. The van der Waals surface area contributed by atoms with E-state index in [9.17, 15) is 29.8 Å². The first-order chi connectivity index (χ1) is 23.4. The number of nitro groups is 2. The molecule has 0 aliphatic heterocycles. The number of nitrogens with zero attached hydrogens (tertiary/aromatic N) is 3. The largest absolute Gasteiger partial charge is 0.415 e.